The van der Waals surface area contributed by atoms with Crippen LogP contribution in [0.3, 0.4) is 0 Å². The summed E-state index contributed by atoms with van der Waals surface area (Å²) in [6.45, 7) is 3.50. The van der Waals surface area contributed by atoms with Gasteiger partial charge in [0, 0.05) is 19.3 Å². The van der Waals surface area contributed by atoms with E-state index < -0.39 is 45.8 Å². The molecule has 0 bridgehead atoms. The minimum atomic E-state index is -1.35. The number of nitriles is 1. The van der Waals surface area contributed by atoms with Crippen LogP contribution < -0.4 is 22.2 Å². The van der Waals surface area contributed by atoms with Gasteiger partial charge in [-0.3, -0.25) is 23.9 Å². The predicted octanol–water partition coefficient (Wildman–Crippen LogP) is 2.98. The maximum absolute atomic E-state index is 14.8. The fourth-order valence-electron chi connectivity index (χ4n) is 4.76. The van der Waals surface area contributed by atoms with Crippen LogP contribution in [0.25, 0.3) is 27.7 Å². The van der Waals surface area contributed by atoms with Crippen molar-refractivity contribution in [3.8, 4) is 22.9 Å². The van der Waals surface area contributed by atoms with E-state index in [1.54, 1.807) is 38.1 Å². The Morgan fingerprint density at radius 3 is 2.43 bits per heavy atom. The number of hydrogen-bond donors (Lipinski definition) is 2. The first-order chi connectivity index (χ1) is 20.0. The van der Waals surface area contributed by atoms with Crippen LogP contribution in [0.4, 0.5) is 14.5 Å². The molecule has 0 aliphatic heterocycles. The number of rotatable bonds is 6. The van der Waals surface area contributed by atoms with Gasteiger partial charge in [0.05, 0.1) is 16.8 Å². The maximum Gasteiger partial charge on any atom is 0.291 e. The van der Waals surface area contributed by atoms with E-state index in [2.05, 4.69) is 10.3 Å². The fraction of sp³-hybridized carbons (Fsp3) is 0.143. The van der Waals surface area contributed by atoms with Crippen molar-refractivity contribution in [1.82, 2.24) is 19.1 Å². The third kappa shape index (κ3) is 4.33. The number of primary amides is 1. The van der Waals surface area contributed by atoms with Crippen molar-refractivity contribution in [2.24, 2.45) is 12.8 Å². The molecular weight excluding hydrogens is 552 g/mol. The van der Waals surface area contributed by atoms with Crippen molar-refractivity contribution >= 4 is 28.4 Å². The minimum Gasteiger partial charge on any atom is -0.365 e. The number of benzene rings is 2. The highest BCUT2D eigenvalue weighted by Gasteiger charge is 2.25. The Bertz CT molecular complexity index is 2100. The van der Waals surface area contributed by atoms with Crippen LogP contribution >= 0.6 is 0 Å². The van der Waals surface area contributed by atoms with Gasteiger partial charge in [0.1, 0.15) is 28.5 Å². The summed E-state index contributed by atoms with van der Waals surface area (Å²) in [5.41, 5.74) is 3.66. The number of carbonyl (C=O) groups excluding carboxylic acids is 2. The van der Waals surface area contributed by atoms with Crippen molar-refractivity contribution in [2.45, 2.75) is 20.4 Å². The van der Waals surface area contributed by atoms with E-state index in [1.165, 1.54) is 22.5 Å². The lowest BCUT2D eigenvalue weighted by atomic mass is 10.1. The topological polar surface area (TPSA) is 171 Å². The quantitative estimate of drug-likeness (QED) is 0.314. The Morgan fingerprint density at radius 2 is 1.81 bits per heavy atom. The number of carbonyl (C=O) groups is 2. The van der Waals surface area contributed by atoms with Crippen molar-refractivity contribution in [1.29, 1.82) is 5.26 Å². The highest BCUT2D eigenvalue weighted by molar-refractivity contribution is 6.11. The van der Waals surface area contributed by atoms with E-state index in [0.717, 1.165) is 16.9 Å². The number of fused-ring (bicyclic) bond motifs is 1. The molecule has 0 radical (unpaired) electrons. The normalized spacial score (nSPS) is 11.0. The summed E-state index contributed by atoms with van der Waals surface area (Å²) in [6.07, 6.45) is 0. The zero-order valence-electron chi connectivity index (χ0n) is 22.4. The molecule has 5 rings (SSSR count). The smallest absolute Gasteiger partial charge is 0.291 e. The average Bonchev–Trinajstić information content (AvgIpc) is 3.41. The van der Waals surface area contributed by atoms with Gasteiger partial charge in [0.15, 0.2) is 11.5 Å². The first-order valence-electron chi connectivity index (χ1n) is 12.4. The summed E-state index contributed by atoms with van der Waals surface area (Å²) in [6, 6.07) is 11.3. The molecule has 2 amide bonds. The lowest BCUT2D eigenvalue weighted by molar-refractivity contribution is 0.0987. The largest absolute Gasteiger partial charge is 0.365 e. The second-order valence-electron chi connectivity index (χ2n) is 9.20. The van der Waals surface area contributed by atoms with Crippen LogP contribution in [0.2, 0.25) is 0 Å². The SMILES string of the molecule is CCn1c2c(C(=O)Nc3ccc(F)c(C(N)=O)c3F)nc(C)cc2c(=O)n1-c1ccc(-c2c(C#N)on(C)c2=O)cc1. The number of halogens is 2. The summed E-state index contributed by atoms with van der Waals surface area (Å²) >= 11 is 0. The van der Waals surface area contributed by atoms with Crippen LogP contribution in [0, 0.1) is 29.9 Å². The molecule has 0 spiro atoms. The van der Waals surface area contributed by atoms with E-state index in [0.29, 0.717) is 16.9 Å². The lowest BCUT2D eigenvalue weighted by Gasteiger charge is -2.13. The summed E-state index contributed by atoms with van der Waals surface area (Å²) in [5, 5.41) is 11.8. The number of anilines is 1. The van der Waals surface area contributed by atoms with Crippen molar-refractivity contribution in [2.75, 3.05) is 5.32 Å². The molecule has 2 aromatic carbocycles. The van der Waals surface area contributed by atoms with Gasteiger partial charge in [0.2, 0.25) is 5.76 Å². The van der Waals surface area contributed by atoms with Crippen LogP contribution in [-0.2, 0) is 13.6 Å². The first kappa shape index (κ1) is 27.7. The molecule has 12 nitrogen and oxygen atoms in total. The second kappa shape index (κ2) is 10.3. The molecule has 0 unspecified atom stereocenters. The standard InChI is InChI=1S/C28H21F2N7O5/c1-4-36-24-16(11-13(2)33-23(24)26(39)34-18-10-9-17(29)21(22(18)30)25(32)38)27(40)37(36)15-7-5-14(6-8-15)20-19(12-31)42-35(3)28(20)41/h5-11H,4H2,1-3H3,(H2,32,38)(H,34,39). The molecule has 42 heavy (non-hydrogen) atoms. The number of pyridine rings is 1. The molecule has 0 fully saturated rings. The molecule has 0 aliphatic carbocycles. The number of nitrogens with two attached hydrogens (primary N) is 1. The Kier molecular flexibility index (Phi) is 6.79. The Labute approximate surface area is 234 Å². The molecule has 5 aromatic rings. The molecule has 0 saturated heterocycles. The first-order valence-corrected chi connectivity index (χ1v) is 12.4. The minimum absolute atomic E-state index is 0.0706. The number of amides is 2. The van der Waals surface area contributed by atoms with Crippen LogP contribution in [-0.4, -0.2) is 30.9 Å². The van der Waals surface area contributed by atoms with Gasteiger partial charge in [-0.15, -0.1) is 0 Å². The van der Waals surface area contributed by atoms with E-state index in [1.807, 2.05) is 6.07 Å². The molecule has 3 heterocycles. The summed E-state index contributed by atoms with van der Waals surface area (Å²) < 4.78 is 37.7. The van der Waals surface area contributed by atoms with Crippen molar-refractivity contribution in [3.05, 3.63) is 97.5 Å². The summed E-state index contributed by atoms with van der Waals surface area (Å²) in [7, 11) is 1.38. The molecule has 3 N–H and O–H groups in total. The Morgan fingerprint density at radius 1 is 1.12 bits per heavy atom. The third-order valence-electron chi connectivity index (χ3n) is 6.60. The molecule has 0 atom stereocenters. The molecule has 3 aromatic heterocycles. The molecular formula is C28H21F2N7O5. The van der Waals surface area contributed by atoms with Gasteiger partial charge < -0.3 is 15.6 Å². The zero-order valence-corrected chi connectivity index (χ0v) is 22.4. The number of hydrogen-bond acceptors (Lipinski definition) is 7. The van der Waals surface area contributed by atoms with Gasteiger partial charge in [-0.05, 0) is 49.7 Å². The highest BCUT2D eigenvalue weighted by atomic mass is 19.1. The predicted molar refractivity (Wildman–Crippen MR) is 146 cm³/mol. The number of nitrogens with zero attached hydrogens (tertiary/aromatic N) is 5. The maximum atomic E-state index is 14.8. The van der Waals surface area contributed by atoms with E-state index in [-0.39, 0.29) is 34.5 Å². The van der Waals surface area contributed by atoms with Crippen molar-refractivity contribution < 1.29 is 22.9 Å². The third-order valence-corrected chi connectivity index (χ3v) is 6.60. The van der Waals surface area contributed by atoms with Gasteiger partial charge >= 0.3 is 0 Å². The van der Waals surface area contributed by atoms with Crippen LogP contribution in [0.1, 0.15) is 39.2 Å². The molecule has 0 saturated carbocycles. The highest BCUT2D eigenvalue weighted by Crippen LogP contribution is 2.26. The lowest BCUT2D eigenvalue weighted by Crippen LogP contribution is -2.22. The second-order valence-corrected chi connectivity index (χ2v) is 9.20. The van der Waals surface area contributed by atoms with Gasteiger partial charge in [-0.1, -0.05) is 12.1 Å². The molecule has 212 valence electrons. The number of nitrogens with one attached hydrogen (secondary N) is 1. The molecule has 14 heteroatoms. The van der Waals surface area contributed by atoms with E-state index >= 15 is 0 Å². The summed E-state index contributed by atoms with van der Waals surface area (Å²) in [5.74, 6) is -4.96. The Hall–Kier alpha value is -5.84. The van der Waals surface area contributed by atoms with Gasteiger partial charge in [-0.2, -0.15) is 10.0 Å². The summed E-state index contributed by atoms with van der Waals surface area (Å²) in [4.78, 5) is 55.3. The van der Waals surface area contributed by atoms with Crippen molar-refractivity contribution in [3.63, 3.8) is 0 Å². The monoisotopic (exact) mass is 573 g/mol. The van der Waals surface area contributed by atoms with E-state index in [4.69, 9.17) is 10.3 Å². The van der Waals surface area contributed by atoms with Gasteiger partial charge in [-0.25, -0.2) is 18.4 Å². The number of aryl methyl sites for hydroxylation is 3. The van der Waals surface area contributed by atoms with Gasteiger partial charge in [0.25, 0.3) is 22.9 Å². The Balaban J connectivity index is 1.64. The average molecular weight is 574 g/mol. The van der Waals surface area contributed by atoms with E-state index in [9.17, 15) is 33.2 Å². The van der Waals surface area contributed by atoms with Crippen LogP contribution in [0.5, 0.6) is 0 Å². The number of aromatic nitrogens is 4. The fourth-order valence-corrected chi connectivity index (χ4v) is 4.76. The molecule has 0 aliphatic rings. The zero-order chi connectivity index (χ0) is 30.5. The van der Waals surface area contributed by atoms with Crippen LogP contribution in [0.15, 0.2) is 56.6 Å².